The van der Waals surface area contributed by atoms with Gasteiger partial charge in [-0.05, 0) is 31.0 Å². The van der Waals surface area contributed by atoms with E-state index in [2.05, 4.69) is 10.5 Å². The Bertz CT molecular complexity index is 616. The van der Waals surface area contributed by atoms with Gasteiger partial charge in [0.2, 0.25) is 0 Å². The Morgan fingerprint density at radius 3 is 2.95 bits per heavy atom. The van der Waals surface area contributed by atoms with E-state index in [4.69, 9.17) is 11.6 Å². The maximum atomic E-state index is 12.0. The van der Waals surface area contributed by atoms with E-state index in [1.54, 1.807) is 23.6 Å². The molecule has 0 aliphatic rings. The van der Waals surface area contributed by atoms with Crippen molar-refractivity contribution in [2.24, 2.45) is 5.10 Å². The number of nitrogens with one attached hydrogen (secondary N) is 1. The molecule has 2 aromatic heterocycles. The van der Waals surface area contributed by atoms with E-state index < -0.39 is 0 Å². The van der Waals surface area contributed by atoms with Gasteiger partial charge in [0, 0.05) is 15.1 Å². The molecule has 2 heterocycles. The minimum Gasteiger partial charge on any atom is -0.267 e. The first kappa shape index (κ1) is 14.2. The Kier molecular flexibility index (Phi) is 4.74. The van der Waals surface area contributed by atoms with Gasteiger partial charge in [-0.25, -0.2) is 5.43 Å². The molecular weight excluding hydrogens is 300 g/mol. The molecule has 0 unspecified atom stereocenters. The summed E-state index contributed by atoms with van der Waals surface area (Å²) in [6.07, 6.45) is 2.45. The molecule has 0 bridgehead atoms. The van der Waals surface area contributed by atoms with Crippen molar-refractivity contribution < 1.29 is 4.79 Å². The average Bonchev–Trinajstić information content (AvgIpc) is 2.95. The fourth-order valence-corrected chi connectivity index (χ4v) is 3.60. The molecule has 0 radical (unpaired) electrons. The maximum absolute atomic E-state index is 12.0. The molecule has 0 saturated heterocycles. The standard InChI is InChI=1S/C13H13ClN2OS2/c1-3-10-8(2)18-7-11(10)13(17)16-15-6-9-4-5-12(14)19-9/h4-7H,3H2,1-2H3,(H,16,17). The predicted octanol–water partition coefficient (Wildman–Crippen LogP) is 4.10. The Labute approximate surface area is 124 Å². The van der Waals surface area contributed by atoms with Crippen LogP contribution in [-0.4, -0.2) is 12.1 Å². The van der Waals surface area contributed by atoms with E-state index in [1.807, 2.05) is 25.3 Å². The van der Waals surface area contributed by atoms with Gasteiger partial charge in [0.25, 0.3) is 5.91 Å². The summed E-state index contributed by atoms with van der Waals surface area (Å²) in [6, 6.07) is 3.65. The topological polar surface area (TPSA) is 41.5 Å². The van der Waals surface area contributed by atoms with E-state index in [0.29, 0.717) is 9.90 Å². The van der Waals surface area contributed by atoms with Crippen LogP contribution in [0.4, 0.5) is 0 Å². The molecule has 2 rings (SSSR count). The van der Waals surface area contributed by atoms with Gasteiger partial charge in [0.05, 0.1) is 16.1 Å². The average molecular weight is 313 g/mol. The van der Waals surface area contributed by atoms with Gasteiger partial charge in [-0.1, -0.05) is 18.5 Å². The van der Waals surface area contributed by atoms with Crippen molar-refractivity contribution in [3.05, 3.63) is 42.7 Å². The molecule has 0 aliphatic carbocycles. The third-order valence-electron chi connectivity index (χ3n) is 2.65. The second kappa shape index (κ2) is 6.32. The quantitative estimate of drug-likeness (QED) is 0.670. The van der Waals surface area contributed by atoms with Crippen LogP contribution in [0.15, 0.2) is 22.6 Å². The fourth-order valence-electron chi connectivity index (χ4n) is 1.72. The third-order valence-corrected chi connectivity index (χ3v) is 4.77. The third kappa shape index (κ3) is 3.43. The van der Waals surface area contributed by atoms with Crippen LogP contribution in [0.1, 0.15) is 32.6 Å². The summed E-state index contributed by atoms with van der Waals surface area (Å²) in [5.41, 5.74) is 4.35. The van der Waals surface area contributed by atoms with Crippen LogP contribution in [-0.2, 0) is 6.42 Å². The number of halogens is 1. The first-order valence-electron chi connectivity index (χ1n) is 5.77. The van der Waals surface area contributed by atoms with Crippen molar-refractivity contribution in [1.82, 2.24) is 5.43 Å². The lowest BCUT2D eigenvalue weighted by atomic mass is 10.1. The van der Waals surface area contributed by atoms with Crippen LogP contribution in [0.3, 0.4) is 0 Å². The maximum Gasteiger partial charge on any atom is 0.272 e. The van der Waals surface area contributed by atoms with Crippen LogP contribution in [0.5, 0.6) is 0 Å². The van der Waals surface area contributed by atoms with E-state index in [1.165, 1.54) is 16.2 Å². The molecule has 3 nitrogen and oxygen atoms in total. The zero-order chi connectivity index (χ0) is 13.8. The van der Waals surface area contributed by atoms with Crippen LogP contribution in [0.25, 0.3) is 0 Å². The molecule has 2 aromatic rings. The second-order valence-corrected chi connectivity index (χ2v) is 6.71. The highest BCUT2D eigenvalue weighted by atomic mass is 35.5. The Hall–Kier alpha value is -1.17. The van der Waals surface area contributed by atoms with Gasteiger partial charge in [0.15, 0.2) is 0 Å². The lowest BCUT2D eigenvalue weighted by Crippen LogP contribution is -2.18. The van der Waals surface area contributed by atoms with Crippen LogP contribution >= 0.6 is 34.3 Å². The van der Waals surface area contributed by atoms with Crippen molar-refractivity contribution >= 4 is 46.4 Å². The molecule has 0 atom stereocenters. The molecule has 19 heavy (non-hydrogen) atoms. The minimum absolute atomic E-state index is 0.167. The first-order chi connectivity index (χ1) is 9.11. The summed E-state index contributed by atoms with van der Waals surface area (Å²) in [4.78, 5) is 14.1. The number of carbonyl (C=O) groups is 1. The van der Waals surface area contributed by atoms with Crippen LogP contribution < -0.4 is 5.43 Å². The van der Waals surface area contributed by atoms with Crippen molar-refractivity contribution in [1.29, 1.82) is 0 Å². The van der Waals surface area contributed by atoms with Crippen molar-refractivity contribution in [3.63, 3.8) is 0 Å². The summed E-state index contributed by atoms with van der Waals surface area (Å²) < 4.78 is 0.703. The summed E-state index contributed by atoms with van der Waals surface area (Å²) in [5, 5.41) is 5.82. The van der Waals surface area contributed by atoms with Crippen molar-refractivity contribution in [2.45, 2.75) is 20.3 Å². The number of amides is 1. The summed E-state index contributed by atoms with van der Waals surface area (Å²) in [5.74, 6) is -0.167. The van der Waals surface area contributed by atoms with E-state index in [-0.39, 0.29) is 5.91 Å². The zero-order valence-corrected chi connectivity index (χ0v) is 13.0. The van der Waals surface area contributed by atoms with E-state index in [0.717, 1.165) is 16.9 Å². The monoisotopic (exact) mass is 312 g/mol. The number of rotatable bonds is 4. The number of hydrogen-bond acceptors (Lipinski definition) is 4. The zero-order valence-electron chi connectivity index (χ0n) is 10.6. The lowest BCUT2D eigenvalue weighted by molar-refractivity contribution is 0.0954. The number of hydrazone groups is 1. The van der Waals surface area contributed by atoms with Gasteiger partial charge >= 0.3 is 0 Å². The van der Waals surface area contributed by atoms with Gasteiger partial charge in [-0.3, -0.25) is 4.79 Å². The highest BCUT2D eigenvalue weighted by Gasteiger charge is 2.13. The number of carbonyl (C=O) groups excluding carboxylic acids is 1. The minimum atomic E-state index is -0.167. The smallest absolute Gasteiger partial charge is 0.267 e. The molecule has 1 N–H and O–H groups in total. The molecule has 6 heteroatoms. The number of thiophene rings is 2. The molecule has 0 aromatic carbocycles. The summed E-state index contributed by atoms with van der Waals surface area (Å²) in [6.45, 7) is 4.07. The molecule has 0 aliphatic heterocycles. The van der Waals surface area contributed by atoms with Gasteiger partial charge < -0.3 is 0 Å². The van der Waals surface area contributed by atoms with Crippen LogP contribution in [0.2, 0.25) is 4.34 Å². The van der Waals surface area contributed by atoms with Gasteiger partial charge in [0.1, 0.15) is 0 Å². The summed E-state index contributed by atoms with van der Waals surface area (Å²) in [7, 11) is 0. The number of hydrogen-bond donors (Lipinski definition) is 1. The Morgan fingerprint density at radius 2 is 2.32 bits per heavy atom. The van der Waals surface area contributed by atoms with E-state index in [9.17, 15) is 4.79 Å². The Morgan fingerprint density at radius 1 is 1.53 bits per heavy atom. The molecule has 100 valence electrons. The highest BCUT2D eigenvalue weighted by molar-refractivity contribution is 7.17. The molecule has 1 amide bonds. The lowest BCUT2D eigenvalue weighted by Gasteiger charge is -2.01. The summed E-state index contributed by atoms with van der Waals surface area (Å²) >= 11 is 8.81. The second-order valence-electron chi connectivity index (χ2n) is 3.88. The largest absolute Gasteiger partial charge is 0.272 e. The first-order valence-corrected chi connectivity index (χ1v) is 7.85. The van der Waals surface area contributed by atoms with Gasteiger partial charge in [-0.2, -0.15) is 5.10 Å². The van der Waals surface area contributed by atoms with Crippen LogP contribution in [0, 0.1) is 6.92 Å². The molecule has 0 saturated carbocycles. The predicted molar refractivity (Wildman–Crippen MR) is 82.8 cm³/mol. The Balaban J connectivity index is 2.03. The SMILES string of the molecule is CCc1c(C(=O)NN=Cc2ccc(Cl)s2)csc1C. The molecule has 0 fully saturated rings. The molecule has 0 spiro atoms. The molecular formula is C13H13ClN2OS2. The number of nitrogens with zero attached hydrogens (tertiary/aromatic N) is 1. The normalized spacial score (nSPS) is 11.1. The highest BCUT2D eigenvalue weighted by Crippen LogP contribution is 2.22. The number of aryl methyl sites for hydroxylation is 1. The van der Waals surface area contributed by atoms with Crippen molar-refractivity contribution in [3.8, 4) is 0 Å². The van der Waals surface area contributed by atoms with Crippen molar-refractivity contribution in [2.75, 3.05) is 0 Å². The fraction of sp³-hybridized carbons (Fsp3) is 0.231. The van der Waals surface area contributed by atoms with E-state index >= 15 is 0 Å². The van der Waals surface area contributed by atoms with Gasteiger partial charge in [-0.15, -0.1) is 22.7 Å².